The van der Waals surface area contributed by atoms with Crippen LogP contribution in [0.1, 0.15) is 32.6 Å². The fourth-order valence-corrected chi connectivity index (χ4v) is 2.64. The third-order valence-electron chi connectivity index (χ3n) is 3.59. The number of nitrogens with zero attached hydrogens (tertiary/aromatic N) is 1. The van der Waals surface area contributed by atoms with Crippen molar-refractivity contribution in [2.24, 2.45) is 5.92 Å². The largest absolute Gasteiger partial charge is 0.313 e. The van der Waals surface area contributed by atoms with Crippen LogP contribution in [-0.2, 0) is 0 Å². The lowest BCUT2D eigenvalue weighted by atomic mass is 10.1. The van der Waals surface area contributed by atoms with Crippen LogP contribution < -0.4 is 5.32 Å². The van der Waals surface area contributed by atoms with Crippen LogP contribution in [0, 0.1) is 5.92 Å². The highest BCUT2D eigenvalue weighted by atomic mass is 15.2. The molecule has 0 aliphatic carbocycles. The summed E-state index contributed by atoms with van der Waals surface area (Å²) in [5.41, 5.74) is 0. The number of hydrogen-bond donors (Lipinski definition) is 1. The molecule has 2 saturated heterocycles. The van der Waals surface area contributed by atoms with Crippen LogP contribution in [0.5, 0.6) is 0 Å². The van der Waals surface area contributed by atoms with Crippen LogP contribution in [0.4, 0.5) is 0 Å². The Bertz CT molecular complexity index is 152. The SMILES string of the molecule is CCC1CCN(CC2CCCN2)C1. The Morgan fingerprint density at radius 2 is 2.31 bits per heavy atom. The summed E-state index contributed by atoms with van der Waals surface area (Å²) in [6, 6.07) is 0.801. The van der Waals surface area contributed by atoms with Gasteiger partial charge >= 0.3 is 0 Å². The molecule has 2 rings (SSSR count). The van der Waals surface area contributed by atoms with E-state index in [1.54, 1.807) is 0 Å². The second-order valence-electron chi connectivity index (χ2n) is 4.62. The van der Waals surface area contributed by atoms with E-state index in [1.807, 2.05) is 0 Å². The summed E-state index contributed by atoms with van der Waals surface area (Å²) >= 11 is 0. The Morgan fingerprint density at radius 3 is 2.92 bits per heavy atom. The van der Waals surface area contributed by atoms with Crippen LogP contribution >= 0.6 is 0 Å². The number of likely N-dealkylation sites (tertiary alicyclic amines) is 1. The number of hydrogen-bond acceptors (Lipinski definition) is 2. The predicted octanol–water partition coefficient (Wildman–Crippen LogP) is 1.47. The van der Waals surface area contributed by atoms with Gasteiger partial charge in [-0.3, -0.25) is 0 Å². The van der Waals surface area contributed by atoms with E-state index in [0.717, 1.165) is 12.0 Å². The van der Waals surface area contributed by atoms with Gasteiger partial charge in [0.2, 0.25) is 0 Å². The summed E-state index contributed by atoms with van der Waals surface area (Å²) < 4.78 is 0. The Labute approximate surface area is 81.7 Å². The molecule has 76 valence electrons. The van der Waals surface area contributed by atoms with E-state index in [1.165, 1.54) is 51.9 Å². The Balaban J connectivity index is 1.70. The van der Waals surface area contributed by atoms with Crippen LogP contribution in [-0.4, -0.2) is 37.1 Å². The van der Waals surface area contributed by atoms with E-state index in [0.29, 0.717) is 0 Å². The van der Waals surface area contributed by atoms with Crippen LogP contribution in [0.25, 0.3) is 0 Å². The van der Waals surface area contributed by atoms with Gasteiger partial charge < -0.3 is 10.2 Å². The monoisotopic (exact) mass is 182 g/mol. The Kier molecular flexibility index (Phi) is 3.23. The predicted molar refractivity (Wildman–Crippen MR) is 55.9 cm³/mol. The van der Waals surface area contributed by atoms with Crippen molar-refractivity contribution in [2.75, 3.05) is 26.2 Å². The lowest BCUT2D eigenvalue weighted by Crippen LogP contribution is -2.36. The molecule has 2 aliphatic rings. The second kappa shape index (κ2) is 4.43. The van der Waals surface area contributed by atoms with Crippen molar-refractivity contribution in [2.45, 2.75) is 38.6 Å². The van der Waals surface area contributed by atoms with Gasteiger partial charge in [0.25, 0.3) is 0 Å². The smallest absolute Gasteiger partial charge is 0.0195 e. The van der Waals surface area contributed by atoms with Crippen molar-refractivity contribution in [3.05, 3.63) is 0 Å². The van der Waals surface area contributed by atoms with Crippen molar-refractivity contribution in [3.8, 4) is 0 Å². The molecule has 0 aromatic heterocycles. The molecule has 0 saturated carbocycles. The van der Waals surface area contributed by atoms with Gasteiger partial charge in [0, 0.05) is 19.1 Å². The first-order chi connectivity index (χ1) is 6.38. The van der Waals surface area contributed by atoms with E-state index in [2.05, 4.69) is 17.1 Å². The van der Waals surface area contributed by atoms with Gasteiger partial charge in [0.15, 0.2) is 0 Å². The zero-order valence-corrected chi connectivity index (χ0v) is 8.76. The minimum atomic E-state index is 0.801. The van der Waals surface area contributed by atoms with Crippen LogP contribution in [0.3, 0.4) is 0 Å². The standard InChI is InChI=1S/C11H22N2/c1-2-10-5-7-13(8-10)9-11-4-3-6-12-11/h10-12H,2-9H2,1H3. The molecule has 2 unspecified atom stereocenters. The Hall–Kier alpha value is -0.0800. The first-order valence-corrected chi connectivity index (χ1v) is 5.84. The highest BCUT2D eigenvalue weighted by Gasteiger charge is 2.24. The summed E-state index contributed by atoms with van der Waals surface area (Å²) in [6.45, 7) is 7.57. The highest BCUT2D eigenvalue weighted by Crippen LogP contribution is 2.20. The minimum absolute atomic E-state index is 0.801. The van der Waals surface area contributed by atoms with Gasteiger partial charge in [-0.15, -0.1) is 0 Å². The maximum atomic E-state index is 3.57. The first kappa shape index (κ1) is 9.47. The quantitative estimate of drug-likeness (QED) is 0.711. The van der Waals surface area contributed by atoms with Gasteiger partial charge in [-0.05, 0) is 38.3 Å². The average Bonchev–Trinajstić information content (AvgIpc) is 2.76. The van der Waals surface area contributed by atoms with Crippen LogP contribution in [0.2, 0.25) is 0 Å². The molecule has 0 amide bonds. The number of rotatable bonds is 3. The fourth-order valence-electron chi connectivity index (χ4n) is 2.64. The van der Waals surface area contributed by atoms with Gasteiger partial charge in [0.1, 0.15) is 0 Å². The first-order valence-electron chi connectivity index (χ1n) is 5.84. The summed E-state index contributed by atoms with van der Waals surface area (Å²) in [5, 5.41) is 3.57. The molecule has 0 bridgehead atoms. The minimum Gasteiger partial charge on any atom is -0.313 e. The molecular weight excluding hydrogens is 160 g/mol. The van der Waals surface area contributed by atoms with Crippen molar-refractivity contribution < 1.29 is 0 Å². The summed E-state index contributed by atoms with van der Waals surface area (Å²) in [6.07, 6.45) is 5.58. The zero-order chi connectivity index (χ0) is 9.10. The van der Waals surface area contributed by atoms with Gasteiger partial charge in [0.05, 0.1) is 0 Å². The van der Waals surface area contributed by atoms with Crippen molar-refractivity contribution in [1.82, 2.24) is 10.2 Å². The fraction of sp³-hybridized carbons (Fsp3) is 1.00. The molecular formula is C11H22N2. The van der Waals surface area contributed by atoms with E-state index < -0.39 is 0 Å². The maximum absolute atomic E-state index is 3.57. The summed E-state index contributed by atoms with van der Waals surface area (Å²) in [4.78, 5) is 2.65. The molecule has 0 spiro atoms. The molecule has 1 N–H and O–H groups in total. The summed E-state index contributed by atoms with van der Waals surface area (Å²) in [5.74, 6) is 0.987. The van der Waals surface area contributed by atoms with E-state index in [9.17, 15) is 0 Å². The molecule has 2 heteroatoms. The average molecular weight is 182 g/mol. The van der Waals surface area contributed by atoms with Crippen molar-refractivity contribution >= 4 is 0 Å². The molecule has 0 radical (unpaired) electrons. The van der Waals surface area contributed by atoms with Gasteiger partial charge in [-0.1, -0.05) is 13.3 Å². The molecule has 13 heavy (non-hydrogen) atoms. The van der Waals surface area contributed by atoms with Crippen molar-refractivity contribution in [1.29, 1.82) is 0 Å². The van der Waals surface area contributed by atoms with Crippen LogP contribution in [0.15, 0.2) is 0 Å². The molecule has 2 fully saturated rings. The molecule has 2 aliphatic heterocycles. The lowest BCUT2D eigenvalue weighted by Gasteiger charge is -2.20. The van der Waals surface area contributed by atoms with Gasteiger partial charge in [-0.25, -0.2) is 0 Å². The number of nitrogens with one attached hydrogen (secondary N) is 1. The maximum Gasteiger partial charge on any atom is 0.0195 e. The van der Waals surface area contributed by atoms with E-state index in [-0.39, 0.29) is 0 Å². The summed E-state index contributed by atoms with van der Waals surface area (Å²) in [7, 11) is 0. The Morgan fingerprint density at radius 1 is 1.38 bits per heavy atom. The zero-order valence-electron chi connectivity index (χ0n) is 8.76. The highest BCUT2D eigenvalue weighted by molar-refractivity contribution is 4.82. The molecule has 0 aromatic rings. The molecule has 2 atom stereocenters. The van der Waals surface area contributed by atoms with Gasteiger partial charge in [-0.2, -0.15) is 0 Å². The molecule has 2 heterocycles. The third kappa shape index (κ3) is 2.44. The van der Waals surface area contributed by atoms with Crippen molar-refractivity contribution in [3.63, 3.8) is 0 Å². The lowest BCUT2D eigenvalue weighted by molar-refractivity contribution is 0.291. The third-order valence-corrected chi connectivity index (χ3v) is 3.59. The molecule has 2 nitrogen and oxygen atoms in total. The van der Waals surface area contributed by atoms with E-state index in [4.69, 9.17) is 0 Å². The van der Waals surface area contributed by atoms with E-state index >= 15 is 0 Å². The normalized spacial score (nSPS) is 35.8. The molecule has 0 aromatic carbocycles. The topological polar surface area (TPSA) is 15.3 Å². The second-order valence-corrected chi connectivity index (χ2v) is 4.62.